The first kappa shape index (κ1) is 12.5. The Hall–Kier alpha value is -1.57. The summed E-state index contributed by atoms with van der Waals surface area (Å²) in [6.45, 7) is 1.85. The third-order valence-corrected chi connectivity index (χ3v) is 4.43. The van der Waals surface area contributed by atoms with E-state index in [1.807, 2.05) is 24.3 Å². The second kappa shape index (κ2) is 4.52. The third kappa shape index (κ3) is 1.73. The smallest absolute Gasteiger partial charge is 0.124 e. The van der Waals surface area contributed by atoms with Crippen LogP contribution in [0.25, 0.3) is 0 Å². The number of hydrogen-bond donors (Lipinski definition) is 2. The fourth-order valence-electron chi connectivity index (χ4n) is 3.35. The van der Waals surface area contributed by atoms with Gasteiger partial charge in [0.05, 0.1) is 12.7 Å². The van der Waals surface area contributed by atoms with Crippen LogP contribution in [0.15, 0.2) is 24.3 Å². The van der Waals surface area contributed by atoms with Crippen LogP contribution in [0.5, 0.6) is 5.75 Å². The van der Waals surface area contributed by atoms with E-state index >= 15 is 0 Å². The van der Waals surface area contributed by atoms with Gasteiger partial charge < -0.3 is 15.2 Å². The van der Waals surface area contributed by atoms with E-state index in [0.29, 0.717) is 26.0 Å². The van der Waals surface area contributed by atoms with E-state index in [2.05, 4.69) is 11.4 Å². The van der Waals surface area contributed by atoms with E-state index in [4.69, 9.17) is 4.74 Å². The summed E-state index contributed by atoms with van der Waals surface area (Å²) in [6, 6.07) is 10.00. The molecule has 4 heteroatoms. The molecular formula is C15H18N2O2. The summed E-state index contributed by atoms with van der Waals surface area (Å²) in [4.78, 5) is 0. The monoisotopic (exact) mass is 258 g/mol. The Labute approximate surface area is 113 Å². The molecule has 2 aliphatic rings. The van der Waals surface area contributed by atoms with Gasteiger partial charge in [-0.05, 0) is 25.5 Å². The maximum Gasteiger partial charge on any atom is 0.124 e. The highest BCUT2D eigenvalue weighted by Gasteiger charge is 2.54. The van der Waals surface area contributed by atoms with Crippen LogP contribution >= 0.6 is 0 Å². The molecule has 2 heterocycles. The van der Waals surface area contributed by atoms with Gasteiger partial charge >= 0.3 is 0 Å². The lowest BCUT2D eigenvalue weighted by Gasteiger charge is -2.47. The van der Waals surface area contributed by atoms with Gasteiger partial charge in [0.25, 0.3) is 0 Å². The number of para-hydroxylation sites is 1. The van der Waals surface area contributed by atoms with Gasteiger partial charge in [0, 0.05) is 18.5 Å². The molecule has 19 heavy (non-hydrogen) atoms. The summed E-state index contributed by atoms with van der Waals surface area (Å²) in [5.74, 6) is 0.731. The Balaban J connectivity index is 2.12. The Kier molecular flexibility index (Phi) is 2.96. The maximum atomic E-state index is 11.1. The normalized spacial score (nSPS) is 33.9. The van der Waals surface area contributed by atoms with Crippen molar-refractivity contribution < 1.29 is 9.84 Å². The molecule has 0 aromatic heterocycles. The highest BCUT2D eigenvalue weighted by atomic mass is 16.5. The van der Waals surface area contributed by atoms with Crippen molar-refractivity contribution in [3.05, 3.63) is 29.8 Å². The molecule has 4 nitrogen and oxygen atoms in total. The van der Waals surface area contributed by atoms with Crippen molar-refractivity contribution >= 4 is 0 Å². The van der Waals surface area contributed by atoms with Crippen LogP contribution in [0.2, 0.25) is 0 Å². The van der Waals surface area contributed by atoms with Gasteiger partial charge in [0.1, 0.15) is 16.8 Å². The molecule has 0 bridgehead atoms. The molecule has 1 aromatic carbocycles. The topological polar surface area (TPSA) is 65.3 Å². The van der Waals surface area contributed by atoms with Crippen LogP contribution in [0.3, 0.4) is 0 Å². The predicted octanol–water partition coefficient (Wildman–Crippen LogP) is 1.34. The molecule has 0 aliphatic carbocycles. The minimum absolute atomic E-state index is 0.467. The lowest BCUT2D eigenvalue weighted by atomic mass is 9.62. The lowest BCUT2D eigenvalue weighted by molar-refractivity contribution is -0.0489. The molecule has 1 fully saturated rings. The van der Waals surface area contributed by atoms with Crippen LogP contribution in [-0.4, -0.2) is 30.4 Å². The number of aliphatic hydroxyl groups is 1. The van der Waals surface area contributed by atoms with Gasteiger partial charge in [0.15, 0.2) is 0 Å². The quantitative estimate of drug-likeness (QED) is 0.798. The molecule has 2 atom stereocenters. The van der Waals surface area contributed by atoms with Crippen LogP contribution in [-0.2, 0) is 5.41 Å². The molecule has 2 N–H and O–H groups in total. The summed E-state index contributed by atoms with van der Waals surface area (Å²) < 4.78 is 5.63. The second-order valence-corrected chi connectivity index (χ2v) is 5.42. The van der Waals surface area contributed by atoms with Crippen LogP contribution in [0.4, 0.5) is 0 Å². The molecule has 100 valence electrons. The Morgan fingerprint density at radius 2 is 2.16 bits per heavy atom. The summed E-state index contributed by atoms with van der Waals surface area (Å²) >= 11 is 0. The fraction of sp³-hybridized carbons (Fsp3) is 0.533. The molecule has 2 aliphatic heterocycles. The average Bonchev–Trinajstić information content (AvgIpc) is 2.47. The highest BCUT2D eigenvalue weighted by Crippen LogP contribution is 2.47. The molecular weight excluding hydrogens is 240 g/mol. The summed E-state index contributed by atoms with van der Waals surface area (Å²) in [7, 11) is 0. The fourth-order valence-corrected chi connectivity index (χ4v) is 3.35. The van der Waals surface area contributed by atoms with Crippen molar-refractivity contribution in [2.45, 2.75) is 30.3 Å². The lowest BCUT2D eigenvalue weighted by Crippen LogP contribution is -2.60. The number of nitrogens with one attached hydrogen (secondary N) is 1. The van der Waals surface area contributed by atoms with Crippen molar-refractivity contribution in [2.24, 2.45) is 0 Å². The van der Waals surface area contributed by atoms with E-state index in [9.17, 15) is 10.4 Å². The van der Waals surface area contributed by atoms with Crippen LogP contribution in [0.1, 0.15) is 24.8 Å². The van der Waals surface area contributed by atoms with Crippen LogP contribution in [0, 0.1) is 11.3 Å². The van der Waals surface area contributed by atoms with Crippen molar-refractivity contribution in [3.63, 3.8) is 0 Å². The molecule has 0 spiro atoms. The number of nitriles is 1. The van der Waals surface area contributed by atoms with Crippen molar-refractivity contribution in [2.75, 3.05) is 19.7 Å². The summed E-state index contributed by atoms with van der Waals surface area (Å²) in [5.41, 5.74) is -1.05. The van der Waals surface area contributed by atoms with Crippen molar-refractivity contribution in [1.82, 2.24) is 5.32 Å². The van der Waals surface area contributed by atoms with E-state index in [1.54, 1.807) is 0 Å². The van der Waals surface area contributed by atoms with E-state index in [-0.39, 0.29) is 0 Å². The van der Waals surface area contributed by atoms with Gasteiger partial charge in [-0.3, -0.25) is 0 Å². The van der Waals surface area contributed by atoms with E-state index < -0.39 is 11.0 Å². The molecule has 1 aromatic rings. The number of ether oxygens (including phenoxy) is 1. The first-order chi connectivity index (χ1) is 9.22. The second-order valence-electron chi connectivity index (χ2n) is 5.42. The van der Waals surface area contributed by atoms with Crippen LogP contribution < -0.4 is 10.1 Å². The van der Waals surface area contributed by atoms with E-state index in [1.165, 1.54) is 0 Å². The van der Waals surface area contributed by atoms with Crippen molar-refractivity contribution in [3.8, 4) is 11.8 Å². The molecule has 3 rings (SSSR count). The van der Waals surface area contributed by atoms with Gasteiger partial charge in [-0.15, -0.1) is 0 Å². The minimum Gasteiger partial charge on any atom is -0.493 e. The number of benzene rings is 1. The van der Waals surface area contributed by atoms with Crippen molar-refractivity contribution in [1.29, 1.82) is 5.26 Å². The number of β-amino-alcohol motifs (C(OH)–C–C–N with tert-alkyl or cyclic N) is 1. The zero-order chi connectivity index (χ0) is 13.3. The maximum absolute atomic E-state index is 11.1. The highest BCUT2D eigenvalue weighted by molar-refractivity contribution is 5.48. The third-order valence-electron chi connectivity index (χ3n) is 4.43. The summed E-state index contributed by atoms with van der Waals surface area (Å²) in [6.07, 6.45) is 2.09. The Morgan fingerprint density at radius 3 is 2.89 bits per heavy atom. The number of rotatable bonds is 1. The molecule has 1 saturated heterocycles. The van der Waals surface area contributed by atoms with Gasteiger partial charge in [-0.2, -0.15) is 5.26 Å². The number of piperidine rings is 1. The molecule has 0 amide bonds. The Morgan fingerprint density at radius 1 is 1.32 bits per heavy atom. The minimum atomic E-state index is -1.01. The Bertz CT molecular complexity index is 517. The molecule has 2 unspecified atom stereocenters. The predicted molar refractivity (Wildman–Crippen MR) is 70.9 cm³/mol. The SMILES string of the molecule is N#CC1(C2(O)CCCNC2)CCOc2ccccc21. The number of hydrogen-bond acceptors (Lipinski definition) is 4. The first-order valence-electron chi connectivity index (χ1n) is 6.79. The summed E-state index contributed by atoms with van der Waals surface area (Å²) in [5, 5.41) is 24.1. The van der Waals surface area contributed by atoms with E-state index in [0.717, 1.165) is 24.3 Å². The van der Waals surface area contributed by atoms with Gasteiger partial charge in [-0.1, -0.05) is 18.2 Å². The first-order valence-corrected chi connectivity index (χ1v) is 6.79. The average molecular weight is 258 g/mol. The zero-order valence-electron chi connectivity index (χ0n) is 10.9. The number of fused-ring (bicyclic) bond motifs is 1. The molecule has 0 saturated carbocycles. The van der Waals surface area contributed by atoms with Gasteiger partial charge in [0.2, 0.25) is 0 Å². The zero-order valence-corrected chi connectivity index (χ0v) is 10.9. The number of nitrogens with zero attached hydrogens (tertiary/aromatic N) is 1. The largest absolute Gasteiger partial charge is 0.493 e. The standard InChI is InChI=1S/C15H18N2O2/c16-10-14(15(18)6-3-8-17-11-15)7-9-19-13-5-2-1-4-12(13)14/h1-2,4-5,17-18H,3,6-9,11H2. The van der Waals surface area contributed by atoms with Gasteiger partial charge in [-0.25, -0.2) is 0 Å². The molecule has 0 radical (unpaired) electrons.